The van der Waals surface area contributed by atoms with Gasteiger partial charge in [-0.25, -0.2) is 0 Å². The van der Waals surface area contributed by atoms with Gasteiger partial charge in [0.2, 0.25) is 5.91 Å². The van der Waals surface area contributed by atoms with Gasteiger partial charge in [0.25, 0.3) is 5.91 Å². The van der Waals surface area contributed by atoms with E-state index in [4.69, 9.17) is 9.47 Å². The van der Waals surface area contributed by atoms with Gasteiger partial charge in [0.1, 0.15) is 11.5 Å². The van der Waals surface area contributed by atoms with Crippen LogP contribution in [0, 0.1) is 12.8 Å². The summed E-state index contributed by atoms with van der Waals surface area (Å²) >= 11 is 0. The van der Waals surface area contributed by atoms with E-state index in [1.165, 1.54) is 0 Å². The lowest BCUT2D eigenvalue weighted by Crippen LogP contribution is -2.51. The van der Waals surface area contributed by atoms with Crippen molar-refractivity contribution in [3.05, 3.63) is 71.8 Å². The molecule has 0 saturated carbocycles. The summed E-state index contributed by atoms with van der Waals surface area (Å²) in [6.07, 6.45) is 2.02. The van der Waals surface area contributed by atoms with E-state index in [-0.39, 0.29) is 30.2 Å². The molecular formula is C25H28N2O4. The number of aryl methyl sites for hydroxylation is 1. The SMILES string of the molecule is C=CCN1C[C@H]2COc3cc(OC)ccc3[C@H]2N(C(=O)c2ccc(C)cc2)CCC1=O. The second kappa shape index (κ2) is 8.84. The number of nitrogens with zero attached hydrogens (tertiary/aromatic N) is 2. The van der Waals surface area contributed by atoms with Gasteiger partial charge in [0.15, 0.2) is 0 Å². The Morgan fingerprint density at radius 3 is 2.74 bits per heavy atom. The van der Waals surface area contributed by atoms with Crippen molar-refractivity contribution in [3.63, 3.8) is 0 Å². The van der Waals surface area contributed by atoms with Crippen molar-refractivity contribution in [3.8, 4) is 11.5 Å². The third-order valence-corrected chi connectivity index (χ3v) is 6.06. The van der Waals surface area contributed by atoms with E-state index in [2.05, 4.69) is 6.58 Å². The highest BCUT2D eigenvalue weighted by Crippen LogP contribution is 2.42. The third-order valence-electron chi connectivity index (χ3n) is 6.06. The Labute approximate surface area is 183 Å². The van der Waals surface area contributed by atoms with Crippen LogP contribution in [0.15, 0.2) is 55.1 Å². The van der Waals surface area contributed by atoms with E-state index in [0.717, 1.165) is 16.9 Å². The average Bonchev–Trinajstić information content (AvgIpc) is 2.78. The van der Waals surface area contributed by atoms with Crippen molar-refractivity contribution in [2.45, 2.75) is 19.4 Å². The normalized spacial score (nSPS) is 20.6. The van der Waals surface area contributed by atoms with E-state index >= 15 is 0 Å². The van der Waals surface area contributed by atoms with Gasteiger partial charge in [0.05, 0.1) is 19.8 Å². The van der Waals surface area contributed by atoms with Crippen LogP contribution in [-0.2, 0) is 4.79 Å². The zero-order chi connectivity index (χ0) is 22.0. The molecule has 0 aliphatic carbocycles. The zero-order valence-electron chi connectivity index (χ0n) is 18.0. The maximum Gasteiger partial charge on any atom is 0.254 e. The molecule has 6 heteroatoms. The predicted octanol–water partition coefficient (Wildman–Crippen LogP) is 3.61. The van der Waals surface area contributed by atoms with Gasteiger partial charge >= 0.3 is 0 Å². The van der Waals surface area contributed by atoms with Gasteiger partial charge in [-0.3, -0.25) is 9.59 Å². The van der Waals surface area contributed by atoms with Gasteiger partial charge in [-0.2, -0.15) is 0 Å². The number of rotatable bonds is 4. The van der Waals surface area contributed by atoms with E-state index in [1.807, 2.05) is 59.2 Å². The molecule has 1 fully saturated rings. The molecule has 6 nitrogen and oxygen atoms in total. The zero-order valence-corrected chi connectivity index (χ0v) is 18.0. The van der Waals surface area contributed by atoms with Crippen molar-refractivity contribution >= 4 is 11.8 Å². The summed E-state index contributed by atoms with van der Waals surface area (Å²) in [4.78, 5) is 30.1. The maximum absolute atomic E-state index is 13.6. The van der Waals surface area contributed by atoms with Crippen LogP contribution in [0.4, 0.5) is 0 Å². The predicted molar refractivity (Wildman–Crippen MR) is 118 cm³/mol. The fourth-order valence-electron chi connectivity index (χ4n) is 4.45. The highest BCUT2D eigenvalue weighted by atomic mass is 16.5. The second-order valence-corrected chi connectivity index (χ2v) is 8.12. The molecule has 0 bridgehead atoms. The topological polar surface area (TPSA) is 59.1 Å². The average molecular weight is 421 g/mol. The molecule has 0 unspecified atom stereocenters. The molecule has 4 rings (SSSR count). The molecule has 162 valence electrons. The molecule has 2 aliphatic heterocycles. The molecule has 2 atom stereocenters. The molecule has 0 N–H and O–H groups in total. The first-order valence-electron chi connectivity index (χ1n) is 10.6. The minimum absolute atomic E-state index is 0.0283. The largest absolute Gasteiger partial charge is 0.497 e. The molecule has 1 saturated heterocycles. The Bertz CT molecular complexity index is 986. The van der Waals surface area contributed by atoms with Gasteiger partial charge in [0, 0.05) is 49.2 Å². The van der Waals surface area contributed by atoms with Crippen LogP contribution in [-0.4, -0.2) is 55.0 Å². The van der Waals surface area contributed by atoms with Crippen LogP contribution in [0.25, 0.3) is 0 Å². The van der Waals surface area contributed by atoms with Crippen LogP contribution in [0.1, 0.15) is 33.9 Å². The fraction of sp³-hybridized carbons (Fsp3) is 0.360. The number of hydrogen-bond acceptors (Lipinski definition) is 4. The van der Waals surface area contributed by atoms with E-state index in [1.54, 1.807) is 13.2 Å². The first-order chi connectivity index (χ1) is 15.0. The summed E-state index contributed by atoms with van der Waals surface area (Å²) < 4.78 is 11.4. The molecule has 2 aliphatic rings. The molecule has 0 spiro atoms. The van der Waals surface area contributed by atoms with Crippen LogP contribution in [0.5, 0.6) is 11.5 Å². The molecule has 2 aromatic carbocycles. The van der Waals surface area contributed by atoms with E-state index < -0.39 is 0 Å². The molecule has 0 aromatic heterocycles. The number of benzene rings is 2. The summed E-state index contributed by atoms with van der Waals surface area (Å²) in [5, 5.41) is 0. The quantitative estimate of drug-likeness (QED) is 0.709. The first-order valence-corrected chi connectivity index (χ1v) is 10.6. The number of methoxy groups -OCH3 is 1. The van der Waals surface area contributed by atoms with Crippen molar-refractivity contribution in [1.29, 1.82) is 0 Å². The smallest absolute Gasteiger partial charge is 0.254 e. The van der Waals surface area contributed by atoms with Crippen LogP contribution in [0.2, 0.25) is 0 Å². The lowest BCUT2D eigenvalue weighted by Gasteiger charge is -2.44. The Morgan fingerprint density at radius 1 is 1.26 bits per heavy atom. The first kappa shape index (κ1) is 21.0. The van der Waals surface area contributed by atoms with Gasteiger partial charge in [-0.05, 0) is 31.2 Å². The van der Waals surface area contributed by atoms with Crippen molar-refractivity contribution in [2.75, 3.05) is 33.4 Å². The third kappa shape index (κ3) is 4.15. The molecule has 2 heterocycles. The number of hydrogen-bond donors (Lipinski definition) is 0. The standard InChI is InChI=1S/C25H28N2O4/c1-4-12-26-15-19-16-31-22-14-20(30-3)9-10-21(22)24(19)27(13-11-23(26)28)25(29)18-7-5-17(2)6-8-18/h4-10,14,19,24H,1,11-13,15-16H2,2-3H3/t19-,24-/m0/s1. The minimum atomic E-state index is -0.191. The molecular weight excluding hydrogens is 392 g/mol. The van der Waals surface area contributed by atoms with Crippen molar-refractivity contribution in [2.24, 2.45) is 5.92 Å². The number of ether oxygens (including phenoxy) is 2. The van der Waals surface area contributed by atoms with Crippen molar-refractivity contribution < 1.29 is 19.1 Å². The lowest BCUT2D eigenvalue weighted by atomic mass is 9.87. The summed E-state index contributed by atoms with van der Waals surface area (Å²) in [7, 11) is 1.62. The molecule has 31 heavy (non-hydrogen) atoms. The Hall–Kier alpha value is -3.28. The van der Waals surface area contributed by atoms with Crippen LogP contribution in [0.3, 0.4) is 0 Å². The molecule has 0 radical (unpaired) electrons. The molecule has 2 aromatic rings. The van der Waals surface area contributed by atoms with Gasteiger partial charge < -0.3 is 19.3 Å². The summed E-state index contributed by atoms with van der Waals surface area (Å²) in [6, 6.07) is 13.1. The van der Waals surface area contributed by atoms with E-state index in [0.29, 0.717) is 37.6 Å². The second-order valence-electron chi connectivity index (χ2n) is 8.12. The fourth-order valence-corrected chi connectivity index (χ4v) is 4.45. The number of carbonyl (C=O) groups excluding carboxylic acids is 2. The Morgan fingerprint density at radius 2 is 2.03 bits per heavy atom. The van der Waals surface area contributed by atoms with Gasteiger partial charge in [-0.1, -0.05) is 23.8 Å². The summed E-state index contributed by atoms with van der Waals surface area (Å²) in [5.41, 5.74) is 2.67. The Balaban J connectivity index is 1.76. The van der Waals surface area contributed by atoms with E-state index in [9.17, 15) is 9.59 Å². The summed E-state index contributed by atoms with van der Waals surface area (Å²) in [6.45, 7) is 7.56. The maximum atomic E-state index is 13.6. The highest BCUT2D eigenvalue weighted by molar-refractivity contribution is 5.95. The number of amides is 2. The minimum Gasteiger partial charge on any atom is -0.497 e. The highest BCUT2D eigenvalue weighted by Gasteiger charge is 2.41. The van der Waals surface area contributed by atoms with Gasteiger partial charge in [-0.15, -0.1) is 6.58 Å². The van der Waals surface area contributed by atoms with Crippen molar-refractivity contribution in [1.82, 2.24) is 9.80 Å². The monoisotopic (exact) mass is 420 g/mol. The van der Waals surface area contributed by atoms with Crippen LogP contribution < -0.4 is 9.47 Å². The van der Waals surface area contributed by atoms with Crippen LogP contribution >= 0.6 is 0 Å². The summed E-state index contributed by atoms with van der Waals surface area (Å²) in [5.74, 6) is 1.36. The number of fused-ring (bicyclic) bond motifs is 3. The lowest BCUT2D eigenvalue weighted by molar-refractivity contribution is -0.133. The Kier molecular flexibility index (Phi) is 5.98. The molecule has 2 amide bonds. The number of carbonyl (C=O) groups is 2.